The van der Waals surface area contributed by atoms with E-state index in [9.17, 15) is 5.11 Å². The lowest BCUT2D eigenvalue weighted by Gasteiger charge is -2.36. The zero-order chi connectivity index (χ0) is 9.97. The van der Waals surface area contributed by atoms with Gasteiger partial charge >= 0.3 is 0 Å². The van der Waals surface area contributed by atoms with Crippen LogP contribution in [-0.2, 0) is 4.74 Å². The van der Waals surface area contributed by atoms with Crippen molar-refractivity contribution in [2.24, 2.45) is 0 Å². The second-order valence-corrected chi connectivity index (χ2v) is 4.54. The summed E-state index contributed by atoms with van der Waals surface area (Å²) in [5.74, 6) is 0. The molecule has 1 heterocycles. The zero-order valence-electron chi connectivity index (χ0n) is 8.98. The fourth-order valence-electron chi connectivity index (χ4n) is 2.79. The summed E-state index contributed by atoms with van der Waals surface area (Å²) >= 11 is 0. The van der Waals surface area contributed by atoms with Gasteiger partial charge in [-0.05, 0) is 32.1 Å². The van der Waals surface area contributed by atoms with E-state index in [2.05, 4.69) is 4.90 Å². The highest BCUT2D eigenvalue weighted by atomic mass is 16.5. The predicted octanol–water partition coefficient (Wildman–Crippen LogP) is 1.01. The van der Waals surface area contributed by atoms with Crippen molar-refractivity contribution in [3.63, 3.8) is 0 Å². The minimum atomic E-state index is -0.0749. The monoisotopic (exact) mass is 199 g/mol. The predicted molar refractivity (Wildman–Crippen MR) is 55.2 cm³/mol. The molecule has 0 aromatic rings. The first kappa shape index (κ1) is 10.4. The van der Waals surface area contributed by atoms with Gasteiger partial charge in [0.25, 0.3) is 0 Å². The highest BCUT2D eigenvalue weighted by Crippen LogP contribution is 2.27. The first-order valence-electron chi connectivity index (χ1n) is 5.76. The maximum atomic E-state index is 9.79. The summed E-state index contributed by atoms with van der Waals surface area (Å²) < 4.78 is 5.34. The van der Waals surface area contributed by atoms with Gasteiger partial charge in [-0.15, -0.1) is 0 Å². The van der Waals surface area contributed by atoms with Crippen molar-refractivity contribution < 1.29 is 9.84 Å². The first-order valence-corrected chi connectivity index (χ1v) is 5.76. The van der Waals surface area contributed by atoms with Crippen molar-refractivity contribution in [1.82, 2.24) is 4.90 Å². The zero-order valence-corrected chi connectivity index (χ0v) is 8.98. The molecule has 0 bridgehead atoms. The Morgan fingerprint density at radius 2 is 1.86 bits per heavy atom. The van der Waals surface area contributed by atoms with Crippen molar-refractivity contribution in [3.8, 4) is 0 Å². The maximum absolute atomic E-state index is 9.79. The van der Waals surface area contributed by atoms with Crippen molar-refractivity contribution >= 4 is 0 Å². The van der Waals surface area contributed by atoms with Crippen molar-refractivity contribution in [2.75, 3.05) is 20.2 Å². The first-order chi connectivity index (χ1) is 6.81. The molecule has 1 aliphatic heterocycles. The Hall–Kier alpha value is -0.120. The molecule has 14 heavy (non-hydrogen) atoms. The Morgan fingerprint density at radius 1 is 1.14 bits per heavy atom. The molecule has 2 atom stereocenters. The average molecular weight is 199 g/mol. The number of piperidine rings is 1. The molecule has 0 aromatic heterocycles. The summed E-state index contributed by atoms with van der Waals surface area (Å²) in [4.78, 5) is 2.45. The molecule has 82 valence electrons. The van der Waals surface area contributed by atoms with Crippen molar-refractivity contribution in [3.05, 3.63) is 0 Å². The van der Waals surface area contributed by atoms with E-state index in [0.29, 0.717) is 12.1 Å². The fraction of sp³-hybridized carbons (Fsp3) is 1.00. The lowest BCUT2D eigenvalue weighted by Crippen LogP contribution is -2.46. The average Bonchev–Trinajstić information content (AvgIpc) is 2.65. The summed E-state index contributed by atoms with van der Waals surface area (Å²) in [7, 11) is 1.80. The molecule has 0 spiro atoms. The van der Waals surface area contributed by atoms with Crippen LogP contribution in [0.15, 0.2) is 0 Å². The topological polar surface area (TPSA) is 32.7 Å². The van der Waals surface area contributed by atoms with Crippen LogP contribution >= 0.6 is 0 Å². The molecule has 1 N–H and O–H groups in total. The van der Waals surface area contributed by atoms with Gasteiger partial charge in [-0.3, -0.25) is 4.90 Å². The van der Waals surface area contributed by atoms with E-state index in [0.717, 1.165) is 32.4 Å². The lowest BCUT2D eigenvalue weighted by atomic mass is 10.0. The number of aliphatic hydroxyl groups is 1. The van der Waals surface area contributed by atoms with Gasteiger partial charge in [-0.25, -0.2) is 0 Å². The summed E-state index contributed by atoms with van der Waals surface area (Å²) in [5.41, 5.74) is 0. The standard InChI is InChI=1S/C11H21NO2/c1-14-9-5-7-12(8-6-9)10-3-2-4-11(10)13/h9-11,13H,2-8H2,1H3. The van der Waals surface area contributed by atoms with Crippen LogP contribution in [0.4, 0.5) is 0 Å². The van der Waals surface area contributed by atoms with Crippen LogP contribution < -0.4 is 0 Å². The van der Waals surface area contributed by atoms with Gasteiger partial charge < -0.3 is 9.84 Å². The number of hydrogen-bond donors (Lipinski definition) is 1. The van der Waals surface area contributed by atoms with Crippen LogP contribution in [0.3, 0.4) is 0 Å². The molecular weight excluding hydrogens is 178 g/mol. The third-order valence-electron chi connectivity index (χ3n) is 3.72. The molecule has 0 radical (unpaired) electrons. The normalized spacial score (nSPS) is 36.4. The van der Waals surface area contributed by atoms with E-state index in [-0.39, 0.29) is 6.10 Å². The van der Waals surface area contributed by atoms with E-state index in [1.165, 1.54) is 12.8 Å². The van der Waals surface area contributed by atoms with Gasteiger partial charge in [-0.1, -0.05) is 0 Å². The van der Waals surface area contributed by atoms with Crippen LogP contribution in [0.1, 0.15) is 32.1 Å². The molecule has 1 aliphatic carbocycles. The smallest absolute Gasteiger partial charge is 0.0695 e. The van der Waals surface area contributed by atoms with Crippen molar-refractivity contribution in [2.45, 2.75) is 50.4 Å². The molecular formula is C11H21NO2. The number of ether oxygens (including phenoxy) is 1. The van der Waals surface area contributed by atoms with E-state index in [1.807, 2.05) is 0 Å². The van der Waals surface area contributed by atoms with E-state index < -0.39 is 0 Å². The van der Waals surface area contributed by atoms with Crippen LogP contribution in [-0.4, -0.2) is 48.5 Å². The molecule has 1 saturated heterocycles. The molecule has 2 aliphatic rings. The third-order valence-corrected chi connectivity index (χ3v) is 3.72. The van der Waals surface area contributed by atoms with E-state index in [1.54, 1.807) is 7.11 Å². The second kappa shape index (κ2) is 4.60. The number of methoxy groups -OCH3 is 1. The third kappa shape index (κ3) is 2.10. The van der Waals surface area contributed by atoms with Crippen LogP contribution in [0.2, 0.25) is 0 Å². The maximum Gasteiger partial charge on any atom is 0.0695 e. The number of nitrogens with zero attached hydrogens (tertiary/aromatic N) is 1. The largest absolute Gasteiger partial charge is 0.391 e. The summed E-state index contributed by atoms with van der Waals surface area (Å²) in [6.45, 7) is 2.19. The molecule has 0 amide bonds. The molecule has 2 fully saturated rings. The Kier molecular flexibility index (Phi) is 3.42. The quantitative estimate of drug-likeness (QED) is 0.720. The molecule has 1 saturated carbocycles. The van der Waals surface area contributed by atoms with Crippen LogP contribution in [0.25, 0.3) is 0 Å². The Morgan fingerprint density at radius 3 is 2.36 bits per heavy atom. The highest BCUT2D eigenvalue weighted by Gasteiger charge is 2.32. The minimum absolute atomic E-state index is 0.0749. The van der Waals surface area contributed by atoms with Crippen molar-refractivity contribution in [1.29, 1.82) is 0 Å². The number of rotatable bonds is 2. The molecule has 3 heteroatoms. The molecule has 0 aromatic carbocycles. The van der Waals surface area contributed by atoms with Gasteiger partial charge in [0.1, 0.15) is 0 Å². The molecule has 3 nitrogen and oxygen atoms in total. The Balaban J connectivity index is 1.82. The van der Waals surface area contributed by atoms with Gasteiger partial charge in [-0.2, -0.15) is 0 Å². The summed E-state index contributed by atoms with van der Waals surface area (Å²) in [6.07, 6.45) is 5.99. The Labute approximate surface area is 86.0 Å². The van der Waals surface area contributed by atoms with E-state index >= 15 is 0 Å². The fourth-order valence-corrected chi connectivity index (χ4v) is 2.79. The SMILES string of the molecule is COC1CCN(C2CCCC2O)CC1. The summed E-state index contributed by atoms with van der Waals surface area (Å²) in [6, 6.07) is 0.438. The summed E-state index contributed by atoms with van der Waals surface area (Å²) in [5, 5.41) is 9.79. The highest BCUT2D eigenvalue weighted by molar-refractivity contribution is 4.87. The van der Waals surface area contributed by atoms with Crippen LogP contribution in [0.5, 0.6) is 0 Å². The minimum Gasteiger partial charge on any atom is -0.391 e. The number of aliphatic hydroxyl groups excluding tert-OH is 1. The Bertz CT molecular complexity index is 178. The molecule has 2 unspecified atom stereocenters. The second-order valence-electron chi connectivity index (χ2n) is 4.54. The molecule has 2 rings (SSSR count). The van der Waals surface area contributed by atoms with Gasteiger partial charge in [0.2, 0.25) is 0 Å². The number of likely N-dealkylation sites (tertiary alicyclic amines) is 1. The number of hydrogen-bond acceptors (Lipinski definition) is 3. The van der Waals surface area contributed by atoms with Gasteiger partial charge in [0.05, 0.1) is 12.2 Å². The van der Waals surface area contributed by atoms with Gasteiger partial charge in [0, 0.05) is 26.2 Å². The lowest BCUT2D eigenvalue weighted by molar-refractivity contribution is 0.00299. The van der Waals surface area contributed by atoms with Crippen LogP contribution in [0, 0.1) is 0 Å². The van der Waals surface area contributed by atoms with Gasteiger partial charge in [0.15, 0.2) is 0 Å². The van der Waals surface area contributed by atoms with E-state index in [4.69, 9.17) is 4.74 Å².